The molecule has 146 valence electrons. The summed E-state index contributed by atoms with van der Waals surface area (Å²) in [7, 11) is 0. The third kappa shape index (κ3) is 5.22. The number of piperazine rings is 1. The van der Waals surface area contributed by atoms with E-state index >= 15 is 0 Å². The number of rotatable bonds is 6. The van der Waals surface area contributed by atoms with E-state index in [9.17, 15) is 14.4 Å². The number of nitrogens with zero attached hydrogens (tertiary/aromatic N) is 4. The molecule has 3 rings (SSSR count). The second-order valence-electron chi connectivity index (χ2n) is 6.55. The van der Waals surface area contributed by atoms with E-state index in [0.29, 0.717) is 24.6 Å². The van der Waals surface area contributed by atoms with Crippen molar-refractivity contribution in [2.24, 2.45) is 0 Å². The highest BCUT2D eigenvalue weighted by Gasteiger charge is 2.24. The van der Waals surface area contributed by atoms with Crippen LogP contribution >= 0.6 is 0 Å². The number of aromatic nitrogens is 1. The standard InChI is InChI=1S/C17H24N6O4/c24-10-9-21-5-7-22(8-6-21)12-16(26)19-14-2-1-13(11-18-14)23-4-3-15(25)20-17(23)27/h1-2,11,24H,3-10,12H2,(H,18,19,26)(H,20,25,27). The fraction of sp³-hybridized carbons (Fsp3) is 0.529. The van der Waals surface area contributed by atoms with Gasteiger partial charge in [-0.25, -0.2) is 9.78 Å². The summed E-state index contributed by atoms with van der Waals surface area (Å²) in [6, 6.07) is 2.85. The second-order valence-corrected chi connectivity index (χ2v) is 6.55. The third-order valence-corrected chi connectivity index (χ3v) is 4.63. The molecule has 2 aliphatic rings. The van der Waals surface area contributed by atoms with Crippen molar-refractivity contribution in [3.63, 3.8) is 0 Å². The molecule has 1 aromatic rings. The average molecular weight is 376 g/mol. The van der Waals surface area contributed by atoms with Crippen LogP contribution in [-0.2, 0) is 9.59 Å². The van der Waals surface area contributed by atoms with Crippen molar-refractivity contribution < 1.29 is 19.5 Å². The molecule has 27 heavy (non-hydrogen) atoms. The van der Waals surface area contributed by atoms with Crippen LogP contribution in [0, 0.1) is 0 Å². The first kappa shape index (κ1) is 19.2. The number of hydrogen-bond acceptors (Lipinski definition) is 7. The van der Waals surface area contributed by atoms with Crippen LogP contribution in [0.1, 0.15) is 6.42 Å². The van der Waals surface area contributed by atoms with E-state index in [2.05, 4.69) is 25.4 Å². The van der Waals surface area contributed by atoms with E-state index in [0.717, 1.165) is 26.2 Å². The highest BCUT2D eigenvalue weighted by molar-refractivity contribution is 6.05. The van der Waals surface area contributed by atoms with Crippen molar-refractivity contribution in [3.8, 4) is 0 Å². The summed E-state index contributed by atoms with van der Waals surface area (Å²) in [6.45, 7) is 4.64. The van der Waals surface area contributed by atoms with Gasteiger partial charge in [-0.05, 0) is 12.1 Å². The maximum Gasteiger partial charge on any atom is 0.328 e. The topological polar surface area (TPSA) is 118 Å². The Morgan fingerprint density at radius 2 is 1.89 bits per heavy atom. The van der Waals surface area contributed by atoms with E-state index in [1.54, 1.807) is 12.1 Å². The van der Waals surface area contributed by atoms with Crippen molar-refractivity contribution in [2.45, 2.75) is 6.42 Å². The fourth-order valence-corrected chi connectivity index (χ4v) is 3.13. The molecule has 0 saturated carbocycles. The van der Waals surface area contributed by atoms with Gasteiger partial charge in [0.25, 0.3) is 0 Å². The van der Waals surface area contributed by atoms with Crippen LogP contribution in [0.3, 0.4) is 0 Å². The lowest BCUT2D eigenvalue weighted by atomic mass is 10.2. The van der Waals surface area contributed by atoms with Gasteiger partial charge < -0.3 is 10.4 Å². The second kappa shape index (κ2) is 8.89. The molecular weight excluding hydrogens is 352 g/mol. The zero-order valence-corrected chi connectivity index (χ0v) is 15.1. The molecule has 2 fully saturated rings. The summed E-state index contributed by atoms with van der Waals surface area (Å²) in [4.78, 5) is 45.1. The number of hydrogen-bond donors (Lipinski definition) is 3. The quantitative estimate of drug-likeness (QED) is 0.587. The zero-order chi connectivity index (χ0) is 19.2. The SMILES string of the molecule is O=C1CCN(c2ccc(NC(=O)CN3CCN(CCO)CC3)nc2)C(=O)N1. The highest BCUT2D eigenvalue weighted by atomic mass is 16.3. The summed E-state index contributed by atoms with van der Waals surface area (Å²) in [5.74, 6) is -0.0198. The zero-order valence-electron chi connectivity index (χ0n) is 15.1. The van der Waals surface area contributed by atoms with Crippen LogP contribution in [0.5, 0.6) is 0 Å². The first-order valence-corrected chi connectivity index (χ1v) is 8.98. The van der Waals surface area contributed by atoms with Crippen LogP contribution in [0.4, 0.5) is 16.3 Å². The predicted molar refractivity (Wildman–Crippen MR) is 98.3 cm³/mol. The molecule has 4 amide bonds. The van der Waals surface area contributed by atoms with Crippen molar-refractivity contribution in [3.05, 3.63) is 18.3 Å². The number of imide groups is 1. The van der Waals surface area contributed by atoms with Crippen LogP contribution < -0.4 is 15.5 Å². The monoisotopic (exact) mass is 376 g/mol. The fourth-order valence-electron chi connectivity index (χ4n) is 3.13. The van der Waals surface area contributed by atoms with E-state index < -0.39 is 6.03 Å². The number of carbonyl (C=O) groups is 3. The minimum Gasteiger partial charge on any atom is -0.395 e. The maximum absolute atomic E-state index is 12.2. The maximum atomic E-state index is 12.2. The smallest absolute Gasteiger partial charge is 0.328 e. The molecule has 3 N–H and O–H groups in total. The number of pyridine rings is 1. The number of amides is 4. The van der Waals surface area contributed by atoms with E-state index in [1.165, 1.54) is 11.1 Å². The summed E-state index contributed by atoms with van der Waals surface area (Å²) < 4.78 is 0. The molecule has 0 bridgehead atoms. The lowest BCUT2D eigenvalue weighted by molar-refractivity contribution is -0.120. The van der Waals surface area contributed by atoms with Crippen molar-refractivity contribution >= 4 is 29.4 Å². The molecule has 0 atom stereocenters. The van der Waals surface area contributed by atoms with Gasteiger partial charge in [-0.3, -0.25) is 29.6 Å². The molecule has 0 spiro atoms. The molecule has 2 aliphatic heterocycles. The lowest BCUT2D eigenvalue weighted by Gasteiger charge is -2.33. The lowest BCUT2D eigenvalue weighted by Crippen LogP contribution is -2.49. The van der Waals surface area contributed by atoms with Gasteiger partial charge in [0.05, 0.1) is 25.0 Å². The van der Waals surface area contributed by atoms with Crippen LogP contribution in [-0.4, -0.2) is 90.2 Å². The molecule has 10 nitrogen and oxygen atoms in total. The molecule has 0 aromatic carbocycles. The first-order valence-electron chi connectivity index (χ1n) is 8.98. The van der Waals surface area contributed by atoms with Gasteiger partial charge >= 0.3 is 6.03 Å². The third-order valence-electron chi connectivity index (χ3n) is 4.63. The predicted octanol–water partition coefficient (Wildman–Crippen LogP) is -0.924. The average Bonchev–Trinajstić information content (AvgIpc) is 2.64. The van der Waals surface area contributed by atoms with Gasteiger partial charge in [-0.15, -0.1) is 0 Å². The van der Waals surface area contributed by atoms with Crippen molar-refractivity contribution in [1.29, 1.82) is 0 Å². The Balaban J connectivity index is 1.47. The Bertz CT molecular complexity index is 687. The Labute approximate surface area is 157 Å². The Morgan fingerprint density at radius 3 is 2.52 bits per heavy atom. The van der Waals surface area contributed by atoms with Gasteiger partial charge in [0.2, 0.25) is 11.8 Å². The minimum absolute atomic E-state index is 0.146. The summed E-state index contributed by atoms with van der Waals surface area (Å²) >= 11 is 0. The van der Waals surface area contributed by atoms with Gasteiger partial charge in [0, 0.05) is 45.7 Å². The van der Waals surface area contributed by atoms with Crippen molar-refractivity contribution in [1.82, 2.24) is 20.1 Å². The number of anilines is 2. The van der Waals surface area contributed by atoms with Gasteiger partial charge in [0.1, 0.15) is 5.82 Å². The molecule has 0 aliphatic carbocycles. The number of urea groups is 1. The van der Waals surface area contributed by atoms with E-state index in [-0.39, 0.29) is 31.4 Å². The molecule has 0 radical (unpaired) electrons. The van der Waals surface area contributed by atoms with Crippen LogP contribution in [0.2, 0.25) is 0 Å². The van der Waals surface area contributed by atoms with Gasteiger partial charge in [-0.1, -0.05) is 0 Å². The Hall–Kier alpha value is -2.56. The normalized spacial score (nSPS) is 19.1. The molecule has 0 unspecified atom stereocenters. The van der Waals surface area contributed by atoms with Crippen LogP contribution in [0.25, 0.3) is 0 Å². The summed E-state index contributed by atoms with van der Waals surface area (Å²) in [6.07, 6.45) is 1.74. The molecular formula is C17H24N6O4. The first-order chi connectivity index (χ1) is 13.0. The number of aliphatic hydroxyl groups is 1. The van der Waals surface area contributed by atoms with Crippen LogP contribution in [0.15, 0.2) is 18.3 Å². The van der Waals surface area contributed by atoms with Gasteiger partial charge in [-0.2, -0.15) is 0 Å². The summed E-state index contributed by atoms with van der Waals surface area (Å²) in [5.41, 5.74) is 0.568. The highest BCUT2D eigenvalue weighted by Crippen LogP contribution is 2.17. The number of carbonyl (C=O) groups excluding carboxylic acids is 3. The summed E-state index contributed by atoms with van der Waals surface area (Å²) in [5, 5.41) is 14.0. The Morgan fingerprint density at radius 1 is 1.15 bits per heavy atom. The number of β-amino-alcohol motifs (C(OH)–C–C–N with tert-alkyl or cyclic N) is 1. The molecule has 1 aromatic heterocycles. The van der Waals surface area contributed by atoms with E-state index in [4.69, 9.17) is 5.11 Å². The molecule has 2 saturated heterocycles. The van der Waals surface area contributed by atoms with Crippen molar-refractivity contribution in [2.75, 3.05) is 62.6 Å². The largest absolute Gasteiger partial charge is 0.395 e. The molecule has 10 heteroatoms. The molecule has 3 heterocycles. The van der Waals surface area contributed by atoms with Gasteiger partial charge in [0.15, 0.2) is 0 Å². The number of aliphatic hydroxyl groups excluding tert-OH is 1. The Kier molecular flexibility index (Phi) is 6.32. The van der Waals surface area contributed by atoms with E-state index in [1.807, 2.05) is 0 Å². The number of nitrogens with one attached hydrogen (secondary N) is 2. The minimum atomic E-state index is -0.467.